The van der Waals surface area contributed by atoms with E-state index >= 15 is 0 Å². The SMILES string of the molecule is CC1(C)c2ccccc2-c2c1ccc1c2Oc2cccc(-c3ccccc3-c3cc(-c4ccccc4)nc(-c4ccc(-c5ccccc5)cc4)n3)c2O1. The Morgan fingerprint density at radius 1 is 0.396 bits per heavy atom. The molecule has 7 aromatic carbocycles. The summed E-state index contributed by atoms with van der Waals surface area (Å²) in [6.07, 6.45) is 0. The number of rotatable bonds is 5. The molecule has 1 aromatic heterocycles. The molecule has 1 aliphatic heterocycles. The molecule has 1 aliphatic carbocycles. The van der Waals surface area contributed by atoms with Crippen LogP contribution in [0.2, 0.25) is 0 Å². The highest BCUT2D eigenvalue weighted by Crippen LogP contribution is 2.59. The third kappa shape index (κ3) is 5.14. The van der Waals surface area contributed by atoms with Gasteiger partial charge in [0.15, 0.2) is 28.8 Å². The molecule has 0 N–H and O–H groups in total. The summed E-state index contributed by atoms with van der Waals surface area (Å²) in [6.45, 7) is 4.55. The van der Waals surface area contributed by atoms with Crippen LogP contribution < -0.4 is 9.47 Å². The molecule has 0 fully saturated rings. The number of nitrogens with zero attached hydrogens (tertiary/aromatic N) is 2. The maximum atomic E-state index is 6.84. The fraction of sp³-hybridized carbons (Fsp3) is 0.0612. The van der Waals surface area contributed by atoms with Gasteiger partial charge in [-0.1, -0.05) is 166 Å². The van der Waals surface area contributed by atoms with Crippen LogP contribution in [0.5, 0.6) is 23.0 Å². The Labute approximate surface area is 309 Å². The van der Waals surface area contributed by atoms with E-state index in [9.17, 15) is 0 Å². The third-order valence-corrected chi connectivity index (χ3v) is 10.6. The van der Waals surface area contributed by atoms with Crippen LogP contribution in [0.4, 0.5) is 0 Å². The fourth-order valence-electron chi connectivity index (χ4n) is 7.91. The van der Waals surface area contributed by atoms with Gasteiger partial charge in [-0.3, -0.25) is 0 Å². The summed E-state index contributed by atoms with van der Waals surface area (Å²) in [5, 5.41) is 0. The second-order valence-electron chi connectivity index (χ2n) is 14.1. The average Bonchev–Trinajstić information content (AvgIpc) is 3.46. The number of hydrogen-bond acceptors (Lipinski definition) is 4. The molecular weight excluding hydrogens is 649 g/mol. The van der Waals surface area contributed by atoms with Crippen LogP contribution in [0.1, 0.15) is 25.0 Å². The maximum Gasteiger partial charge on any atom is 0.178 e. The van der Waals surface area contributed by atoms with E-state index in [1.807, 2.05) is 36.4 Å². The Morgan fingerprint density at radius 3 is 1.74 bits per heavy atom. The Hall–Kier alpha value is -6.78. The van der Waals surface area contributed by atoms with Gasteiger partial charge in [0.05, 0.1) is 11.4 Å². The van der Waals surface area contributed by atoms with Gasteiger partial charge in [0, 0.05) is 33.2 Å². The van der Waals surface area contributed by atoms with E-state index in [4.69, 9.17) is 19.4 Å². The lowest BCUT2D eigenvalue weighted by molar-refractivity contribution is 0.361. The van der Waals surface area contributed by atoms with Gasteiger partial charge in [-0.25, -0.2) is 9.97 Å². The molecule has 252 valence electrons. The van der Waals surface area contributed by atoms with Crippen molar-refractivity contribution in [1.29, 1.82) is 0 Å². The Bertz CT molecular complexity index is 2680. The Balaban J connectivity index is 1.09. The molecule has 0 spiro atoms. The lowest BCUT2D eigenvalue weighted by Crippen LogP contribution is -2.15. The summed E-state index contributed by atoms with van der Waals surface area (Å²) in [5.74, 6) is 3.52. The summed E-state index contributed by atoms with van der Waals surface area (Å²) in [6, 6.07) is 58.6. The first-order valence-electron chi connectivity index (χ1n) is 18.0. The molecule has 0 saturated carbocycles. The van der Waals surface area contributed by atoms with Crippen LogP contribution in [0.15, 0.2) is 170 Å². The number of benzene rings is 7. The van der Waals surface area contributed by atoms with Crippen LogP contribution in [0, 0.1) is 0 Å². The van der Waals surface area contributed by atoms with Crippen LogP contribution in [-0.2, 0) is 5.41 Å². The first-order chi connectivity index (χ1) is 26.0. The highest BCUT2D eigenvalue weighted by molar-refractivity contribution is 5.91. The number of aromatic nitrogens is 2. The monoisotopic (exact) mass is 682 g/mol. The van der Waals surface area contributed by atoms with Crippen molar-refractivity contribution in [2.24, 2.45) is 0 Å². The minimum Gasteiger partial charge on any atom is -0.449 e. The van der Waals surface area contributed by atoms with E-state index < -0.39 is 0 Å². The second kappa shape index (κ2) is 12.2. The topological polar surface area (TPSA) is 44.2 Å². The van der Waals surface area contributed by atoms with Crippen molar-refractivity contribution in [2.45, 2.75) is 19.3 Å². The number of para-hydroxylation sites is 1. The van der Waals surface area contributed by atoms with Gasteiger partial charge in [-0.05, 0) is 51.6 Å². The molecule has 0 radical (unpaired) electrons. The zero-order valence-electron chi connectivity index (χ0n) is 29.4. The van der Waals surface area contributed by atoms with Gasteiger partial charge in [0.25, 0.3) is 0 Å². The van der Waals surface area contributed by atoms with Crippen molar-refractivity contribution >= 4 is 0 Å². The zero-order chi connectivity index (χ0) is 35.5. The van der Waals surface area contributed by atoms with Crippen molar-refractivity contribution in [3.05, 3.63) is 181 Å². The van der Waals surface area contributed by atoms with Gasteiger partial charge >= 0.3 is 0 Å². The number of fused-ring (bicyclic) bond motifs is 6. The van der Waals surface area contributed by atoms with Crippen molar-refractivity contribution in [2.75, 3.05) is 0 Å². The minimum absolute atomic E-state index is 0.135. The van der Waals surface area contributed by atoms with E-state index in [2.05, 4.69) is 147 Å². The quantitative estimate of drug-likeness (QED) is 0.181. The summed E-state index contributed by atoms with van der Waals surface area (Å²) in [5.41, 5.74) is 13.6. The molecule has 2 aliphatic rings. The first-order valence-corrected chi connectivity index (χ1v) is 18.0. The van der Waals surface area contributed by atoms with Crippen molar-refractivity contribution < 1.29 is 9.47 Å². The number of hydrogen-bond donors (Lipinski definition) is 0. The molecule has 0 unspecified atom stereocenters. The van der Waals surface area contributed by atoms with Gasteiger partial charge < -0.3 is 9.47 Å². The highest BCUT2D eigenvalue weighted by atomic mass is 16.6. The lowest BCUT2D eigenvalue weighted by Gasteiger charge is -2.26. The second-order valence-corrected chi connectivity index (χ2v) is 14.1. The molecule has 4 heteroatoms. The van der Waals surface area contributed by atoms with Crippen LogP contribution in [-0.4, -0.2) is 9.97 Å². The molecule has 4 nitrogen and oxygen atoms in total. The molecule has 0 bridgehead atoms. The van der Waals surface area contributed by atoms with Gasteiger partial charge in [0.2, 0.25) is 0 Å². The first kappa shape index (κ1) is 31.0. The molecule has 10 rings (SSSR count). The third-order valence-electron chi connectivity index (χ3n) is 10.6. The van der Waals surface area contributed by atoms with Crippen LogP contribution in [0.25, 0.3) is 67.3 Å². The standard InChI is InChI=1S/C49H34N2O2/c1-49(2)39-22-12-11-20-38(39)45-40(49)28-29-44-47(45)53-43-23-13-21-37(46(43)52-44)35-18-9-10-19-36(35)42-30-41(33-16-7-4-8-17-33)50-48(51-42)34-26-24-32(25-27-34)31-14-5-3-6-15-31/h3-30H,1-2H3. The van der Waals surface area contributed by atoms with Gasteiger partial charge in [0.1, 0.15) is 0 Å². The molecule has 0 saturated heterocycles. The normalized spacial score (nSPS) is 13.2. The van der Waals surface area contributed by atoms with Crippen LogP contribution in [0.3, 0.4) is 0 Å². The zero-order valence-corrected chi connectivity index (χ0v) is 29.4. The fourth-order valence-corrected chi connectivity index (χ4v) is 7.91. The lowest BCUT2D eigenvalue weighted by atomic mass is 9.82. The van der Waals surface area contributed by atoms with E-state index in [0.717, 1.165) is 56.1 Å². The van der Waals surface area contributed by atoms with Gasteiger partial charge in [-0.15, -0.1) is 0 Å². The highest BCUT2D eigenvalue weighted by Gasteiger charge is 2.39. The van der Waals surface area contributed by atoms with Crippen molar-refractivity contribution in [1.82, 2.24) is 9.97 Å². The predicted octanol–water partition coefficient (Wildman–Crippen LogP) is 13.0. The molecule has 53 heavy (non-hydrogen) atoms. The average molecular weight is 683 g/mol. The smallest absolute Gasteiger partial charge is 0.178 e. The Morgan fingerprint density at radius 2 is 0.962 bits per heavy atom. The maximum absolute atomic E-state index is 6.84. The molecule has 0 amide bonds. The minimum atomic E-state index is -0.135. The van der Waals surface area contributed by atoms with Crippen LogP contribution >= 0.6 is 0 Å². The molecule has 8 aromatic rings. The number of ether oxygens (including phenoxy) is 2. The van der Waals surface area contributed by atoms with E-state index in [-0.39, 0.29) is 5.41 Å². The van der Waals surface area contributed by atoms with Crippen molar-refractivity contribution in [3.63, 3.8) is 0 Å². The van der Waals surface area contributed by atoms with E-state index in [0.29, 0.717) is 23.1 Å². The summed E-state index contributed by atoms with van der Waals surface area (Å²) in [7, 11) is 0. The van der Waals surface area contributed by atoms with E-state index in [1.165, 1.54) is 22.3 Å². The largest absolute Gasteiger partial charge is 0.449 e. The van der Waals surface area contributed by atoms with E-state index in [1.54, 1.807) is 0 Å². The van der Waals surface area contributed by atoms with Crippen molar-refractivity contribution in [3.8, 4) is 90.3 Å². The predicted molar refractivity (Wildman–Crippen MR) is 213 cm³/mol. The summed E-state index contributed by atoms with van der Waals surface area (Å²) < 4.78 is 13.7. The van der Waals surface area contributed by atoms with Gasteiger partial charge in [-0.2, -0.15) is 0 Å². The Kier molecular flexibility index (Phi) is 7.12. The summed E-state index contributed by atoms with van der Waals surface area (Å²) in [4.78, 5) is 10.3. The molecule has 0 atom stereocenters. The molecule has 2 heterocycles. The molecular formula is C49H34N2O2. The summed E-state index contributed by atoms with van der Waals surface area (Å²) >= 11 is 0.